The van der Waals surface area contributed by atoms with Crippen molar-refractivity contribution in [3.63, 3.8) is 0 Å². The van der Waals surface area contributed by atoms with Crippen LogP contribution in [-0.2, 0) is 4.79 Å². The summed E-state index contributed by atoms with van der Waals surface area (Å²) in [6.07, 6.45) is 0. The molecule has 0 aromatic carbocycles. The summed E-state index contributed by atoms with van der Waals surface area (Å²) in [7, 11) is 3.68. The molecule has 0 spiro atoms. The number of hydrogen-bond acceptors (Lipinski definition) is 3. The number of primary amides is 1. The first-order valence-corrected chi connectivity index (χ1v) is 4.55. The molecule has 4 heteroatoms. The molecule has 0 bridgehead atoms. The number of carbonyl (C=O) groups excluding carboxylic acids is 1. The molecule has 3 nitrogen and oxygen atoms in total. The number of likely N-dealkylation sites (N-methyl/N-ethyl adjacent to an activating group) is 1. The first-order valence-electron chi connectivity index (χ1n) is 3.60. The number of nitrogens with two attached hydrogens (primary N) is 1. The lowest BCUT2D eigenvalue weighted by Gasteiger charge is -2.19. The second kappa shape index (κ2) is 3.69. The highest BCUT2D eigenvalue weighted by molar-refractivity contribution is 7.08. The van der Waals surface area contributed by atoms with Crippen LogP contribution in [0.15, 0.2) is 16.8 Å². The first kappa shape index (κ1) is 9.22. The largest absolute Gasteiger partial charge is 0.368 e. The minimum Gasteiger partial charge on any atom is -0.368 e. The van der Waals surface area contributed by atoms with Crippen LogP contribution in [0, 0.1) is 0 Å². The van der Waals surface area contributed by atoms with Crippen LogP contribution in [0.3, 0.4) is 0 Å². The normalized spacial score (nSPS) is 13.2. The van der Waals surface area contributed by atoms with E-state index >= 15 is 0 Å². The zero-order chi connectivity index (χ0) is 9.14. The molecule has 2 N–H and O–H groups in total. The molecule has 0 aliphatic carbocycles. The Hall–Kier alpha value is -0.870. The standard InChI is InChI=1S/C8H12N2OS/c1-10(2)7(8(9)11)6-3-4-12-5-6/h3-5,7H,1-2H3,(H2,9,11)/t7-/m0/s1. The smallest absolute Gasteiger partial charge is 0.239 e. The van der Waals surface area contributed by atoms with Gasteiger partial charge in [0.1, 0.15) is 6.04 Å². The molecule has 0 unspecified atom stereocenters. The van der Waals surface area contributed by atoms with E-state index in [1.54, 1.807) is 11.3 Å². The van der Waals surface area contributed by atoms with E-state index in [1.807, 2.05) is 35.8 Å². The fourth-order valence-corrected chi connectivity index (χ4v) is 1.83. The van der Waals surface area contributed by atoms with E-state index < -0.39 is 0 Å². The second-order valence-corrected chi connectivity index (χ2v) is 3.61. The van der Waals surface area contributed by atoms with Gasteiger partial charge in [0.2, 0.25) is 5.91 Å². The van der Waals surface area contributed by atoms with E-state index in [4.69, 9.17) is 5.73 Å². The summed E-state index contributed by atoms with van der Waals surface area (Å²) in [6.45, 7) is 0. The molecule has 0 radical (unpaired) electrons. The molecular formula is C8H12N2OS. The van der Waals surface area contributed by atoms with Gasteiger partial charge in [0, 0.05) is 0 Å². The van der Waals surface area contributed by atoms with Gasteiger partial charge in [-0.3, -0.25) is 9.69 Å². The highest BCUT2D eigenvalue weighted by atomic mass is 32.1. The van der Waals surface area contributed by atoms with E-state index in [0.29, 0.717) is 0 Å². The fourth-order valence-electron chi connectivity index (χ4n) is 1.15. The highest BCUT2D eigenvalue weighted by Gasteiger charge is 2.19. The summed E-state index contributed by atoms with van der Waals surface area (Å²) in [4.78, 5) is 12.8. The molecule has 1 atom stereocenters. The molecule has 0 aliphatic heterocycles. The molecule has 12 heavy (non-hydrogen) atoms. The quantitative estimate of drug-likeness (QED) is 0.756. The van der Waals surface area contributed by atoms with Crippen molar-refractivity contribution in [2.45, 2.75) is 6.04 Å². The Morgan fingerprint density at radius 2 is 2.33 bits per heavy atom. The van der Waals surface area contributed by atoms with Crippen molar-refractivity contribution in [2.24, 2.45) is 5.73 Å². The Morgan fingerprint density at radius 3 is 2.67 bits per heavy atom. The molecule has 0 saturated carbocycles. The molecule has 0 aliphatic rings. The van der Waals surface area contributed by atoms with Crippen LogP contribution in [0.4, 0.5) is 0 Å². The van der Waals surface area contributed by atoms with Crippen LogP contribution in [-0.4, -0.2) is 24.9 Å². The maximum Gasteiger partial charge on any atom is 0.239 e. The lowest BCUT2D eigenvalue weighted by atomic mass is 10.1. The zero-order valence-corrected chi connectivity index (χ0v) is 7.97. The van der Waals surface area contributed by atoms with Crippen molar-refractivity contribution in [1.29, 1.82) is 0 Å². The minimum absolute atomic E-state index is 0.295. The average Bonchev–Trinajstić information content (AvgIpc) is 2.37. The third-order valence-corrected chi connectivity index (χ3v) is 2.35. The van der Waals surface area contributed by atoms with Gasteiger partial charge in [-0.15, -0.1) is 0 Å². The van der Waals surface area contributed by atoms with Crippen LogP contribution in [0.5, 0.6) is 0 Å². The van der Waals surface area contributed by atoms with E-state index in [1.165, 1.54) is 0 Å². The summed E-state index contributed by atoms with van der Waals surface area (Å²) in [5.41, 5.74) is 6.22. The van der Waals surface area contributed by atoms with Gasteiger partial charge < -0.3 is 5.73 Å². The van der Waals surface area contributed by atoms with Crippen molar-refractivity contribution < 1.29 is 4.79 Å². The Balaban J connectivity index is 2.88. The number of carbonyl (C=O) groups is 1. The molecule has 0 fully saturated rings. The molecule has 1 rings (SSSR count). The Bertz CT molecular complexity index is 256. The second-order valence-electron chi connectivity index (χ2n) is 2.83. The third kappa shape index (κ3) is 1.84. The monoisotopic (exact) mass is 184 g/mol. The van der Waals surface area contributed by atoms with Crippen LogP contribution < -0.4 is 5.73 Å². The van der Waals surface area contributed by atoms with Gasteiger partial charge in [-0.2, -0.15) is 11.3 Å². The van der Waals surface area contributed by atoms with Crippen molar-refractivity contribution in [1.82, 2.24) is 4.90 Å². The van der Waals surface area contributed by atoms with Crippen LogP contribution >= 0.6 is 11.3 Å². The van der Waals surface area contributed by atoms with Gasteiger partial charge in [-0.05, 0) is 36.5 Å². The Labute approximate surface area is 75.8 Å². The molecule has 66 valence electrons. The SMILES string of the molecule is CN(C)[C@H](C(N)=O)c1ccsc1. The number of amides is 1. The van der Waals surface area contributed by atoms with Crippen molar-refractivity contribution in [2.75, 3.05) is 14.1 Å². The molecule has 1 aromatic rings. The van der Waals surface area contributed by atoms with Crippen LogP contribution in [0.2, 0.25) is 0 Å². The van der Waals surface area contributed by atoms with E-state index in [2.05, 4.69) is 0 Å². The zero-order valence-electron chi connectivity index (χ0n) is 7.15. The van der Waals surface area contributed by atoms with Gasteiger partial charge in [-0.1, -0.05) is 0 Å². The number of nitrogens with zero attached hydrogens (tertiary/aromatic N) is 1. The number of thiophene rings is 1. The molecular weight excluding hydrogens is 172 g/mol. The van der Waals surface area contributed by atoms with Gasteiger partial charge in [-0.25, -0.2) is 0 Å². The van der Waals surface area contributed by atoms with Gasteiger partial charge in [0.05, 0.1) is 0 Å². The van der Waals surface area contributed by atoms with Crippen molar-refractivity contribution in [3.8, 4) is 0 Å². The third-order valence-electron chi connectivity index (χ3n) is 1.64. The average molecular weight is 184 g/mol. The minimum atomic E-state index is -0.307. The molecule has 1 aromatic heterocycles. The van der Waals surface area contributed by atoms with Gasteiger partial charge in [0.15, 0.2) is 0 Å². The lowest BCUT2D eigenvalue weighted by molar-refractivity contribution is -0.122. The summed E-state index contributed by atoms with van der Waals surface area (Å²) >= 11 is 1.57. The maximum absolute atomic E-state index is 11.0. The maximum atomic E-state index is 11.0. The summed E-state index contributed by atoms with van der Waals surface area (Å²) < 4.78 is 0. The van der Waals surface area contributed by atoms with Crippen molar-refractivity contribution >= 4 is 17.2 Å². The van der Waals surface area contributed by atoms with Crippen LogP contribution in [0.25, 0.3) is 0 Å². The fraction of sp³-hybridized carbons (Fsp3) is 0.375. The topological polar surface area (TPSA) is 46.3 Å². The summed E-state index contributed by atoms with van der Waals surface area (Å²) in [6, 6.07) is 1.62. The van der Waals surface area contributed by atoms with E-state index in [0.717, 1.165) is 5.56 Å². The molecule has 0 saturated heterocycles. The summed E-state index contributed by atoms with van der Waals surface area (Å²) in [5, 5.41) is 3.88. The number of hydrogen-bond donors (Lipinski definition) is 1. The first-order chi connectivity index (χ1) is 5.63. The molecule has 1 amide bonds. The van der Waals surface area contributed by atoms with Gasteiger partial charge in [0.25, 0.3) is 0 Å². The van der Waals surface area contributed by atoms with Gasteiger partial charge >= 0.3 is 0 Å². The summed E-state index contributed by atoms with van der Waals surface area (Å²) in [5.74, 6) is -0.307. The Morgan fingerprint density at radius 1 is 1.67 bits per heavy atom. The molecule has 1 heterocycles. The predicted molar refractivity (Wildman–Crippen MR) is 49.9 cm³/mol. The number of rotatable bonds is 3. The van der Waals surface area contributed by atoms with E-state index in [-0.39, 0.29) is 11.9 Å². The predicted octanol–water partition coefficient (Wildman–Crippen LogP) is 0.836. The Kier molecular flexibility index (Phi) is 2.83. The van der Waals surface area contributed by atoms with Crippen LogP contribution in [0.1, 0.15) is 11.6 Å². The van der Waals surface area contributed by atoms with E-state index in [9.17, 15) is 4.79 Å². The van der Waals surface area contributed by atoms with Crippen molar-refractivity contribution in [3.05, 3.63) is 22.4 Å². The lowest BCUT2D eigenvalue weighted by Crippen LogP contribution is -2.32. The highest BCUT2D eigenvalue weighted by Crippen LogP contribution is 2.19.